The highest BCUT2D eigenvalue weighted by molar-refractivity contribution is 5.88. The molecular weight excluding hydrogens is 388 g/mol. The lowest BCUT2D eigenvalue weighted by Gasteiger charge is -2.48. The molecule has 3 fully saturated rings. The van der Waals surface area contributed by atoms with Crippen molar-refractivity contribution in [3.05, 3.63) is 35.9 Å². The van der Waals surface area contributed by atoms with Crippen LogP contribution >= 0.6 is 0 Å². The summed E-state index contributed by atoms with van der Waals surface area (Å²) >= 11 is 0. The molecule has 1 aromatic carbocycles. The first-order chi connectivity index (χ1) is 15.2. The second-order valence-corrected chi connectivity index (χ2v) is 9.58. The molecular formula is C25H38N4O2. The molecule has 0 bridgehead atoms. The van der Waals surface area contributed by atoms with Crippen molar-refractivity contribution >= 4 is 11.8 Å². The summed E-state index contributed by atoms with van der Waals surface area (Å²) in [6.45, 7) is 5.15. The molecule has 170 valence electrons. The molecule has 2 saturated heterocycles. The standard InChI is InChI=1S/C25H38N4O2/c30-23(27-20-25(12-6-2-7-13-25)29-15-8-3-9-16-29)18-22-24(31)26-14-17-28(22)19-21-10-4-1-5-11-21/h1,4-5,10-11,22H,2-3,6-9,12-20H2,(H,26,31)(H,27,30)/t22-/m0/s1. The van der Waals surface area contributed by atoms with Crippen LogP contribution < -0.4 is 10.6 Å². The molecule has 0 aromatic heterocycles. The number of likely N-dealkylation sites (tertiary alicyclic amines) is 1. The Balaban J connectivity index is 1.37. The largest absolute Gasteiger partial charge is 0.354 e. The van der Waals surface area contributed by atoms with Gasteiger partial charge in [0.05, 0.1) is 12.5 Å². The number of piperazine rings is 1. The average Bonchev–Trinajstić information content (AvgIpc) is 2.82. The van der Waals surface area contributed by atoms with Gasteiger partial charge in [-0.15, -0.1) is 0 Å². The van der Waals surface area contributed by atoms with Crippen molar-refractivity contribution in [3.63, 3.8) is 0 Å². The quantitative estimate of drug-likeness (QED) is 0.704. The van der Waals surface area contributed by atoms with E-state index in [1.54, 1.807) is 0 Å². The van der Waals surface area contributed by atoms with Gasteiger partial charge in [-0.1, -0.05) is 56.0 Å². The molecule has 6 nitrogen and oxygen atoms in total. The van der Waals surface area contributed by atoms with Crippen LogP contribution in [0.15, 0.2) is 30.3 Å². The zero-order valence-corrected chi connectivity index (χ0v) is 18.8. The molecule has 6 heteroatoms. The Hall–Kier alpha value is -1.92. The Labute approximate surface area is 186 Å². The molecule has 4 rings (SSSR count). The van der Waals surface area contributed by atoms with Crippen LogP contribution in [0.4, 0.5) is 0 Å². The molecule has 3 aliphatic rings. The second-order valence-electron chi connectivity index (χ2n) is 9.58. The predicted molar refractivity (Wildman–Crippen MR) is 123 cm³/mol. The zero-order chi connectivity index (χ0) is 21.5. The lowest BCUT2D eigenvalue weighted by molar-refractivity contribution is -0.134. The fourth-order valence-corrected chi connectivity index (χ4v) is 5.68. The Morgan fingerprint density at radius 3 is 2.45 bits per heavy atom. The number of rotatable bonds is 7. The molecule has 31 heavy (non-hydrogen) atoms. The van der Waals surface area contributed by atoms with Crippen LogP contribution in [-0.2, 0) is 16.1 Å². The third kappa shape index (κ3) is 5.66. The Morgan fingerprint density at radius 1 is 1.00 bits per heavy atom. The van der Waals surface area contributed by atoms with E-state index in [1.165, 1.54) is 56.9 Å². The van der Waals surface area contributed by atoms with Gasteiger partial charge in [-0.2, -0.15) is 0 Å². The molecule has 1 aromatic rings. The van der Waals surface area contributed by atoms with Crippen molar-refractivity contribution < 1.29 is 9.59 Å². The van der Waals surface area contributed by atoms with Gasteiger partial charge in [0.1, 0.15) is 0 Å². The van der Waals surface area contributed by atoms with E-state index in [-0.39, 0.29) is 23.8 Å². The minimum atomic E-state index is -0.397. The summed E-state index contributed by atoms with van der Waals surface area (Å²) in [6, 6.07) is 9.80. The zero-order valence-electron chi connectivity index (χ0n) is 18.8. The fourth-order valence-electron chi connectivity index (χ4n) is 5.68. The number of nitrogens with one attached hydrogen (secondary N) is 2. The average molecular weight is 427 g/mol. The summed E-state index contributed by atoms with van der Waals surface area (Å²) in [6.07, 6.45) is 10.3. The summed E-state index contributed by atoms with van der Waals surface area (Å²) in [5.74, 6) is -0.0252. The Kier molecular flexibility index (Phi) is 7.62. The second kappa shape index (κ2) is 10.6. The highest BCUT2D eigenvalue weighted by atomic mass is 16.2. The van der Waals surface area contributed by atoms with Crippen LogP contribution in [0.3, 0.4) is 0 Å². The number of carbonyl (C=O) groups is 2. The number of nitrogens with zero attached hydrogens (tertiary/aromatic N) is 2. The highest BCUT2D eigenvalue weighted by Gasteiger charge is 2.39. The molecule has 0 unspecified atom stereocenters. The van der Waals surface area contributed by atoms with E-state index in [2.05, 4.69) is 32.6 Å². The summed E-state index contributed by atoms with van der Waals surface area (Å²) in [5.41, 5.74) is 1.29. The van der Waals surface area contributed by atoms with Crippen LogP contribution in [0.2, 0.25) is 0 Å². The van der Waals surface area contributed by atoms with E-state index in [9.17, 15) is 9.59 Å². The number of hydrogen-bond donors (Lipinski definition) is 2. The minimum Gasteiger partial charge on any atom is -0.354 e. The number of amides is 2. The molecule has 2 aliphatic heterocycles. The van der Waals surface area contributed by atoms with Gasteiger partial charge in [0.2, 0.25) is 11.8 Å². The SMILES string of the molecule is O=C(C[C@H]1C(=O)NCCN1Cc1ccccc1)NCC1(N2CCCCC2)CCCCC1. The molecule has 0 spiro atoms. The number of carbonyl (C=O) groups excluding carboxylic acids is 2. The van der Waals surface area contributed by atoms with E-state index < -0.39 is 6.04 Å². The number of piperidine rings is 1. The van der Waals surface area contributed by atoms with Gasteiger partial charge in [-0.25, -0.2) is 0 Å². The first kappa shape index (κ1) is 22.3. The smallest absolute Gasteiger partial charge is 0.237 e. The van der Waals surface area contributed by atoms with Crippen molar-refractivity contribution in [1.82, 2.24) is 20.4 Å². The maximum Gasteiger partial charge on any atom is 0.237 e. The van der Waals surface area contributed by atoms with Crippen LogP contribution in [0.1, 0.15) is 63.4 Å². The lowest BCUT2D eigenvalue weighted by Crippen LogP contribution is -2.59. The van der Waals surface area contributed by atoms with Crippen molar-refractivity contribution in [3.8, 4) is 0 Å². The summed E-state index contributed by atoms with van der Waals surface area (Å²) < 4.78 is 0. The maximum atomic E-state index is 13.0. The fraction of sp³-hybridized carbons (Fsp3) is 0.680. The molecule has 2 heterocycles. The van der Waals surface area contributed by atoms with Crippen LogP contribution in [0, 0.1) is 0 Å². The van der Waals surface area contributed by atoms with Crippen LogP contribution in [0.25, 0.3) is 0 Å². The molecule has 1 atom stereocenters. The molecule has 1 aliphatic carbocycles. The van der Waals surface area contributed by atoms with Crippen LogP contribution in [-0.4, -0.2) is 65.9 Å². The Bertz CT molecular complexity index is 726. The first-order valence-corrected chi connectivity index (χ1v) is 12.2. The minimum absolute atomic E-state index is 0.00192. The predicted octanol–water partition coefficient (Wildman–Crippen LogP) is 2.68. The third-order valence-electron chi connectivity index (χ3n) is 7.47. The van der Waals surface area contributed by atoms with Crippen molar-refractivity contribution in [2.24, 2.45) is 0 Å². The van der Waals surface area contributed by atoms with Gasteiger partial charge in [0, 0.05) is 31.7 Å². The molecule has 0 radical (unpaired) electrons. The van der Waals surface area contributed by atoms with Crippen molar-refractivity contribution in [2.45, 2.75) is 75.9 Å². The molecule has 1 saturated carbocycles. The maximum absolute atomic E-state index is 13.0. The van der Waals surface area contributed by atoms with E-state index in [1.807, 2.05) is 18.2 Å². The summed E-state index contributed by atoms with van der Waals surface area (Å²) in [7, 11) is 0. The highest BCUT2D eigenvalue weighted by Crippen LogP contribution is 2.35. The van der Waals surface area contributed by atoms with Crippen molar-refractivity contribution in [2.75, 3.05) is 32.7 Å². The lowest BCUT2D eigenvalue weighted by atomic mass is 9.79. The van der Waals surface area contributed by atoms with Gasteiger partial charge < -0.3 is 10.6 Å². The van der Waals surface area contributed by atoms with E-state index in [0.717, 1.165) is 26.2 Å². The first-order valence-electron chi connectivity index (χ1n) is 12.2. The normalized spacial score (nSPS) is 25.0. The third-order valence-corrected chi connectivity index (χ3v) is 7.47. The van der Waals surface area contributed by atoms with Gasteiger partial charge in [0.15, 0.2) is 0 Å². The Morgan fingerprint density at radius 2 is 1.71 bits per heavy atom. The van der Waals surface area contributed by atoms with Crippen molar-refractivity contribution in [1.29, 1.82) is 0 Å². The van der Waals surface area contributed by atoms with E-state index >= 15 is 0 Å². The summed E-state index contributed by atoms with van der Waals surface area (Å²) in [5, 5.41) is 6.20. The monoisotopic (exact) mass is 426 g/mol. The van der Waals surface area contributed by atoms with E-state index in [4.69, 9.17) is 0 Å². The van der Waals surface area contributed by atoms with Gasteiger partial charge >= 0.3 is 0 Å². The van der Waals surface area contributed by atoms with Crippen LogP contribution in [0.5, 0.6) is 0 Å². The molecule has 2 N–H and O–H groups in total. The number of benzene rings is 1. The molecule has 2 amide bonds. The summed E-state index contributed by atoms with van der Waals surface area (Å²) in [4.78, 5) is 30.4. The topological polar surface area (TPSA) is 64.7 Å². The van der Waals surface area contributed by atoms with Gasteiger partial charge in [-0.05, 0) is 44.3 Å². The number of hydrogen-bond acceptors (Lipinski definition) is 4. The van der Waals surface area contributed by atoms with E-state index in [0.29, 0.717) is 13.1 Å². The van der Waals surface area contributed by atoms with Gasteiger partial charge in [0.25, 0.3) is 0 Å². The van der Waals surface area contributed by atoms with Gasteiger partial charge in [-0.3, -0.25) is 19.4 Å².